The van der Waals surface area contributed by atoms with Crippen LogP contribution in [0.3, 0.4) is 0 Å². The van der Waals surface area contributed by atoms with E-state index in [2.05, 4.69) is 29.9 Å². The average molecular weight is 737 g/mol. The van der Waals surface area contributed by atoms with E-state index in [4.69, 9.17) is 46.3 Å². The fourth-order valence-corrected chi connectivity index (χ4v) is 9.15. The van der Waals surface area contributed by atoms with Crippen molar-refractivity contribution in [2.24, 2.45) is 0 Å². The molecule has 4 aromatic rings. The van der Waals surface area contributed by atoms with Crippen molar-refractivity contribution in [3.63, 3.8) is 0 Å². The van der Waals surface area contributed by atoms with Crippen LogP contribution in [0.5, 0.6) is 0 Å². The first-order valence-electron chi connectivity index (χ1n) is 13.6. The van der Waals surface area contributed by atoms with Crippen molar-refractivity contribution in [1.82, 2.24) is 39.0 Å². The fourth-order valence-electron chi connectivity index (χ4n) is 5.56. The van der Waals surface area contributed by atoms with E-state index >= 15 is 0 Å². The van der Waals surface area contributed by atoms with Crippen LogP contribution in [0.2, 0.25) is 0 Å². The molecule has 0 radical (unpaired) electrons. The Hall–Kier alpha value is -2.63. The monoisotopic (exact) mass is 736 g/mol. The number of hydrogen-bond donors (Lipinski definition) is 7. The lowest BCUT2D eigenvalue weighted by Gasteiger charge is -2.32. The van der Waals surface area contributed by atoms with Crippen LogP contribution in [0.1, 0.15) is 18.5 Å². The van der Waals surface area contributed by atoms with E-state index < -0.39 is 80.6 Å². The molecule has 0 aromatic carbocycles. The second-order valence-electron chi connectivity index (χ2n) is 10.7. The van der Waals surface area contributed by atoms with Crippen LogP contribution in [0, 0.1) is 0 Å². The zero-order chi connectivity index (χ0) is 33.8. The standard InChI is InChI=1S/C22H30N10O11P2S2/c1-22(14(42-44(36)37)13(39-2)19(41-22)31-6-27-9-15(23)25-5-26-16(9)31)4-40-45(38,46)43-12-11(34)8(3-33)47-20(12)32-7-28-10-17(32)29-21(24)30-18(10)35/h5-8,11-14,19-20,33-34,44H,3-4H2,1-2H3,(H,36,37)(H,38,46)(H2,23,25,26)(H3,24,29,30,35)/t8-,11-,12-,13-,14+,19-,20-,22-,45?/m1/s1. The van der Waals surface area contributed by atoms with Gasteiger partial charge in [-0.3, -0.25) is 28.0 Å². The second-order valence-corrected chi connectivity index (χ2v) is 15.7. The van der Waals surface area contributed by atoms with E-state index in [-0.39, 0.29) is 34.1 Å². The van der Waals surface area contributed by atoms with Crippen LogP contribution < -0.4 is 17.0 Å². The van der Waals surface area contributed by atoms with Gasteiger partial charge in [-0.15, -0.1) is 11.8 Å². The van der Waals surface area contributed by atoms with Crippen LogP contribution in [-0.4, -0.2) is 115 Å². The predicted octanol–water partition coefficient (Wildman–Crippen LogP) is -1.22. The lowest BCUT2D eigenvalue weighted by molar-refractivity contribution is -0.111. The highest BCUT2D eigenvalue weighted by molar-refractivity contribution is 8.07. The Labute approximate surface area is 273 Å². The Kier molecular flexibility index (Phi) is 9.48. The Morgan fingerprint density at radius 2 is 1.91 bits per heavy atom. The normalized spacial score (nSPS) is 31.5. The van der Waals surface area contributed by atoms with E-state index in [1.54, 1.807) is 0 Å². The van der Waals surface area contributed by atoms with Crippen molar-refractivity contribution in [2.75, 3.05) is 31.8 Å². The number of thioether (sulfide) groups is 1. The maximum Gasteiger partial charge on any atom is 0.325 e. The summed E-state index contributed by atoms with van der Waals surface area (Å²) in [5, 5.41) is 19.3. The molecular weight excluding hydrogens is 706 g/mol. The Morgan fingerprint density at radius 3 is 2.62 bits per heavy atom. The summed E-state index contributed by atoms with van der Waals surface area (Å²) in [6, 6.07) is 0. The number of methoxy groups -OCH3 is 1. The number of imidazole rings is 2. The SMILES string of the molecule is CO[C@H]1[C@H](n2cnc3c(N)ncnc32)O[C@](C)(COP(O)(=S)O[C@@H]2[C@H](O)[C@@H](CO)S[C@H]2n2cnc3c(=O)[nH]c(N)nc32)[C@H]1O[PH](=O)O. The van der Waals surface area contributed by atoms with Crippen molar-refractivity contribution in [3.8, 4) is 0 Å². The number of aliphatic hydroxyl groups is 2. The van der Waals surface area contributed by atoms with Gasteiger partial charge in [0, 0.05) is 7.11 Å². The minimum Gasteiger partial charge on any atom is -0.395 e. The quantitative estimate of drug-likeness (QED) is 0.0888. The molecule has 6 heterocycles. The lowest BCUT2D eigenvalue weighted by atomic mass is 9.98. The number of rotatable bonds is 11. The van der Waals surface area contributed by atoms with Gasteiger partial charge in [-0.1, -0.05) is 0 Å². The van der Waals surface area contributed by atoms with Crippen molar-refractivity contribution < 1.29 is 47.6 Å². The van der Waals surface area contributed by atoms with Crippen molar-refractivity contribution in [1.29, 1.82) is 0 Å². The van der Waals surface area contributed by atoms with Crippen molar-refractivity contribution in [2.45, 2.75) is 53.8 Å². The average Bonchev–Trinajstić information content (AvgIpc) is 3.76. The molecule has 6 rings (SSSR count). The van der Waals surface area contributed by atoms with Crippen LogP contribution in [0.15, 0.2) is 23.8 Å². The highest BCUT2D eigenvalue weighted by Gasteiger charge is 2.57. The van der Waals surface area contributed by atoms with Crippen LogP contribution >= 0.6 is 26.7 Å². The first kappa shape index (κ1) is 34.2. The molecule has 0 spiro atoms. The van der Waals surface area contributed by atoms with Gasteiger partial charge in [0.05, 0.1) is 37.2 Å². The molecule has 2 aliphatic rings. The van der Waals surface area contributed by atoms with Gasteiger partial charge < -0.3 is 50.0 Å². The molecule has 21 nitrogen and oxygen atoms in total. The number of anilines is 2. The van der Waals surface area contributed by atoms with Gasteiger partial charge in [0.1, 0.15) is 41.1 Å². The topological polar surface area (TPSA) is 303 Å². The molecule has 2 aliphatic heterocycles. The second kappa shape index (κ2) is 13.0. The van der Waals surface area contributed by atoms with E-state index in [0.717, 1.165) is 11.8 Å². The number of nitrogens with zero attached hydrogens (tertiary/aromatic N) is 7. The van der Waals surface area contributed by atoms with Gasteiger partial charge in [-0.25, -0.2) is 19.9 Å². The molecule has 10 atom stereocenters. The molecule has 47 heavy (non-hydrogen) atoms. The highest BCUT2D eigenvalue weighted by Crippen LogP contribution is 2.55. The van der Waals surface area contributed by atoms with Crippen LogP contribution in [0.25, 0.3) is 22.3 Å². The number of aliphatic hydroxyl groups excluding tert-OH is 2. The summed E-state index contributed by atoms with van der Waals surface area (Å²) in [5.74, 6) is -0.0687. The molecule has 0 saturated carbocycles. The summed E-state index contributed by atoms with van der Waals surface area (Å²) in [6.45, 7) is -3.81. The molecule has 25 heteroatoms. The Bertz CT molecular complexity index is 1930. The molecule has 256 valence electrons. The van der Waals surface area contributed by atoms with Gasteiger partial charge in [-0.05, 0) is 18.7 Å². The summed E-state index contributed by atoms with van der Waals surface area (Å²) >= 11 is 6.40. The minimum atomic E-state index is -4.28. The van der Waals surface area contributed by atoms with Gasteiger partial charge in [0.15, 0.2) is 28.9 Å². The van der Waals surface area contributed by atoms with Gasteiger partial charge in [0.2, 0.25) is 5.95 Å². The molecule has 2 fully saturated rings. The number of aromatic amines is 1. The van der Waals surface area contributed by atoms with Crippen LogP contribution in [-0.2, 0) is 39.4 Å². The number of nitrogen functional groups attached to an aromatic ring is 2. The first-order chi connectivity index (χ1) is 22.3. The van der Waals surface area contributed by atoms with E-state index in [0.29, 0.717) is 0 Å². The largest absolute Gasteiger partial charge is 0.395 e. The van der Waals surface area contributed by atoms with E-state index in [9.17, 15) is 29.4 Å². The molecule has 2 saturated heterocycles. The number of H-pyrrole nitrogens is 1. The summed E-state index contributed by atoms with van der Waals surface area (Å²) in [5.41, 5.74) is 10.0. The maximum atomic E-state index is 12.3. The summed E-state index contributed by atoms with van der Waals surface area (Å²) in [7, 11) is -2.23. The Balaban J connectivity index is 1.27. The van der Waals surface area contributed by atoms with Crippen molar-refractivity contribution in [3.05, 3.63) is 29.3 Å². The first-order valence-corrected chi connectivity index (χ1v) is 18.4. The Morgan fingerprint density at radius 1 is 1.19 bits per heavy atom. The lowest BCUT2D eigenvalue weighted by Crippen LogP contribution is -2.45. The highest BCUT2D eigenvalue weighted by atomic mass is 32.5. The number of hydrogen-bond acceptors (Lipinski definition) is 18. The molecule has 2 unspecified atom stereocenters. The number of nitrogens with two attached hydrogens (primary N) is 2. The number of ether oxygens (including phenoxy) is 2. The molecular formula is C22H30N10O11P2S2. The third kappa shape index (κ3) is 6.32. The number of nitrogens with one attached hydrogen (secondary N) is 1. The zero-order valence-corrected chi connectivity index (χ0v) is 27.9. The molecule has 0 bridgehead atoms. The summed E-state index contributed by atoms with van der Waals surface area (Å²) < 4.78 is 43.7. The number of aromatic nitrogens is 8. The van der Waals surface area contributed by atoms with Gasteiger partial charge in [-0.2, -0.15) is 4.98 Å². The minimum absolute atomic E-state index is 0.0391. The molecule has 9 N–H and O–H groups in total. The predicted molar refractivity (Wildman–Crippen MR) is 169 cm³/mol. The van der Waals surface area contributed by atoms with E-state index in [1.807, 2.05) is 0 Å². The van der Waals surface area contributed by atoms with Crippen LogP contribution in [0.4, 0.5) is 11.8 Å². The third-order valence-electron chi connectivity index (χ3n) is 7.72. The molecule has 0 amide bonds. The van der Waals surface area contributed by atoms with E-state index in [1.165, 1.54) is 42.1 Å². The molecule has 4 aromatic heterocycles. The third-order valence-corrected chi connectivity index (χ3v) is 11.3. The van der Waals surface area contributed by atoms with Crippen molar-refractivity contribution >= 4 is 72.6 Å². The smallest absolute Gasteiger partial charge is 0.325 e. The van der Waals surface area contributed by atoms with Gasteiger partial charge >= 0.3 is 15.0 Å². The molecule has 0 aliphatic carbocycles. The van der Waals surface area contributed by atoms with Gasteiger partial charge in [0.25, 0.3) is 5.56 Å². The number of fused-ring (bicyclic) bond motifs is 2. The maximum absolute atomic E-state index is 12.3. The summed E-state index contributed by atoms with van der Waals surface area (Å²) in [6.07, 6.45) is -2.11. The zero-order valence-electron chi connectivity index (χ0n) is 24.4. The fraction of sp³-hybridized carbons (Fsp3) is 0.545. The summed E-state index contributed by atoms with van der Waals surface area (Å²) in [4.78, 5) is 56.3.